The molecule has 3 N–H and O–H groups in total. The van der Waals surface area contributed by atoms with Crippen molar-refractivity contribution in [2.45, 2.75) is 38.9 Å². The molecule has 1 saturated carbocycles. The van der Waals surface area contributed by atoms with Crippen LogP contribution in [-0.4, -0.2) is 26.3 Å². The predicted molar refractivity (Wildman–Crippen MR) is 127 cm³/mol. The molecular weight excluding hydrogens is 438 g/mol. The van der Waals surface area contributed by atoms with Crippen molar-refractivity contribution in [2.75, 3.05) is 0 Å². The van der Waals surface area contributed by atoms with Gasteiger partial charge in [-0.15, -0.1) is 0 Å². The lowest BCUT2D eigenvalue weighted by Gasteiger charge is -2.11. The number of hydrogen-bond donors (Lipinski definition) is 3. The van der Waals surface area contributed by atoms with Crippen LogP contribution in [-0.2, 0) is 13.1 Å². The van der Waals surface area contributed by atoms with Gasteiger partial charge in [-0.2, -0.15) is 0 Å². The number of hydrogen-bond acceptors (Lipinski definition) is 3. The minimum atomic E-state index is -0.208. The highest BCUT2D eigenvalue weighted by Gasteiger charge is 2.24. The van der Waals surface area contributed by atoms with Crippen LogP contribution in [0.25, 0.3) is 10.9 Å². The summed E-state index contributed by atoms with van der Waals surface area (Å²) in [4.78, 5) is 32.6. The normalized spacial score (nSPS) is 13.3. The summed E-state index contributed by atoms with van der Waals surface area (Å²) in [5.74, 6) is -0.412. The third-order valence-electron chi connectivity index (χ3n) is 5.94. The van der Waals surface area contributed by atoms with E-state index in [4.69, 9.17) is 11.6 Å². The molecule has 4 aromatic rings. The number of nitrogens with zero attached hydrogens (tertiary/aromatic N) is 2. The van der Waals surface area contributed by atoms with Crippen LogP contribution in [0.4, 0.5) is 0 Å². The Morgan fingerprint density at radius 3 is 2.48 bits per heavy atom. The summed E-state index contributed by atoms with van der Waals surface area (Å²) in [7, 11) is 0. The Hall–Kier alpha value is -3.58. The number of halogens is 1. The second-order valence-electron chi connectivity index (χ2n) is 8.44. The second kappa shape index (κ2) is 8.75. The molecule has 1 aliphatic carbocycles. The minimum Gasteiger partial charge on any atom is -0.350 e. The molecule has 0 saturated heterocycles. The van der Waals surface area contributed by atoms with Gasteiger partial charge in [0.25, 0.3) is 11.8 Å². The molecule has 1 aliphatic rings. The van der Waals surface area contributed by atoms with Crippen LogP contribution in [0.5, 0.6) is 0 Å². The summed E-state index contributed by atoms with van der Waals surface area (Å²) in [6.45, 7) is 2.63. The van der Waals surface area contributed by atoms with Crippen LogP contribution in [0.1, 0.15) is 56.6 Å². The third kappa shape index (κ3) is 4.64. The molecule has 0 aliphatic heterocycles. The lowest BCUT2D eigenvalue weighted by atomic mass is 10.1. The molecule has 1 fully saturated rings. The molecule has 33 heavy (non-hydrogen) atoms. The maximum Gasteiger partial charge on any atom is 0.271 e. The summed E-state index contributed by atoms with van der Waals surface area (Å²) in [5.41, 5.74) is 4.55. The van der Waals surface area contributed by atoms with Gasteiger partial charge in [-0.25, -0.2) is 4.98 Å². The van der Waals surface area contributed by atoms with Gasteiger partial charge in [0.15, 0.2) is 0 Å². The summed E-state index contributed by atoms with van der Waals surface area (Å²) in [6.07, 6.45) is 5.80. The van der Waals surface area contributed by atoms with Crippen LogP contribution >= 0.6 is 11.6 Å². The number of imidazole rings is 1. The van der Waals surface area contributed by atoms with Crippen molar-refractivity contribution in [3.05, 3.63) is 88.1 Å². The number of aromatic amines is 1. The average Bonchev–Trinajstić information content (AvgIpc) is 3.40. The highest BCUT2D eigenvalue weighted by atomic mass is 35.5. The van der Waals surface area contributed by atoms with Gasteiger partial charge in [-0.05, 0) is 54.7 Å². The fourth-order valence-corrected chi connectivity index (χ4v) is 4.02. The number of benzene rings is 2. The maximum atomic E-state index is 12.7. The molecule has 168 valence electrons. The number of amides is 2. The van der Waals surface area contributed by atoms with E-state index < -0.39 is 0 Å². The number of carbonyl (C=O) groups excluding carboxylic acids is 2. The lowest BCUT2D eigenvalue weighted by molar-refractivity contribution is 0.0936. The van der Waals surface area contributed by atoms with Crippen molar-refractivity contribution >= 4 is 34.3 Å². The summed E-state index contributed by atoms with van der Waals surface area (Å²) in [6, 6.07) is 13.8. The Balaban J connectivity index is 1.22. The standard InChI is InChI=1S/C25H24ClN5O2/c1-15-8-18-9-22(30-21(18)10-20(15)26)24(32)27-11-16-4-2-3-5-17(16)12-28-25(33)23-13-31(14-29-23)19-6-7-19/h2-5,8-10,13-14,19,30H,6-7,11-12H2,1H3,(H,27,32)(H,28,33). The van der Waals surface area contributed by atoms with Crippen LogP contribution < -0.4 is 10.6 Å². The Kier molecular flexibility index (Phi) is 5.64. The lowest BCUT2D eigenvalue weighted by Crippen LogP contribution is -2.26. The molecule has 2 amide bonds. The van der Waals surface area contributed by atoms with Crippen molar-refractivity contribution < 1.29 is 9.59 Å². The van der Waals surface area contributed by atoms with Gasteiger partial charge < -0.3 is 20.2 Å². The van der Waals surface area contributed by atoms with E-state index in [1.54, 1.807) is 12.5 Å². The molecule has 5 rings (SSSR count). The molecule has 7 nitrogen and oxygen atoms in total. The molecule has 2 heterocycles. The van der Waals surface area contributed by atoms with Gasteiger partial charge >= 0.3 is 0 Å². The van der Waals surface area contributed by atoms with Crippen molar-refractivity contribution in [2.24, 2.45) is 0 Å². The van der Waals surface area contributed by atoms with Crippen molar-refractivity contribution in [3.63, 3.8) is 0 Å². The van der Waals surface area contributed by atoms with Gasteiger partial charge in [-0.1, -0.05) is 35.9 Å². The molecule has 0 unspecified atom stereocenters. The topological polar surface area (TPSA) is 91.8 Å². The zero-order valence-electron chi connectivity index (χ0n) is 18.2. The average molecular weight is 462 g/mol. The van der Waals surface area contributed by atoms with Crippen molar-refractivity contribution in [1.82, 2.24) is 25.2 Å². The van der Waals surface area contributed by atoms with E-state index in [9.17, 15) is 9.59 Å². The fraction of sp³-hybridized carbons (Fsp3) is 0.240. The van der Waals surface area contributed by atoms with Gasteiger partial charge in [0, 0.05) is 41.3 Å². The molecule has 0 bridgehead atoms. The van der Waals surface area contributed by atoms with E-state index in [0.717, 1.165) is 40.4 Å². The first-order valence-corrected chi connectivity index (χ1v) is 11.3. The SMILES string of the molecule is Cc1cc2cc(C(=O)NCc3ccccc3CNC(=O)c3cn(C4CC4)cn3)[nH]c2cc1Cl. The summed E-state index contributed by atoms with van der Waals surface area (Å²) < 4.78 is 2.00. The molecular formula is C25H24ClN5O2. The Bertz CT molecular complexity index is 1310. The smallest absolute Gasteiger partial charge is 0.271 e. The first-order chi connectivity index (χ1) is 16.0. The number of aromatic nitrogens is 3. The number of nitrogens with one attached hydrogen (secondary N) is 3. The predicted octanol–water partition coefficient (Wildman–Crippen LogP) is 4.52. The second-order valence-corrected chi connectivity index (χ2v) is 8.85. The quantitative estimate of drug-likeness (QED) is 0.378. The van der Waals surface area contributed by atoms with Gasteiger partial charge in [0.1, 0.15) is 11.4 Å². The van der Waals surface area contributed by atoms with E-state index in [1.807, 2.05) is 54.0 Å². The molecule has 0 atom stereocenters. The maximum absolute atomic E-state index is 12.7. The molecule has 0 radical (unpaired) electrons. The van der Waals surface area contributed by atoms with E-state index in [0.29, 0.717) is 35.5 Å². The minimum absolute atomic E-state index is 0.204. The highest BCUT2D eigenvalue weighted by molar-refractivity contribution is 6.32. The van der Waals surface area contributed by atoms with E-state index in [1.165, 1.54) is 0 Å². The zero-order chi connectivity index (χ0) is 22.9. The van der Waals surface area contributed by atoms with Crippen LogP contribution in [0.3, 0.4) is 0 Å². The van der Waals surface area contributed by atoms with E-state index >= 15 is 0 Å². The molecule has 2 aromatic carbocycles. The first-order valence-electron chi connectivity index (χ1n) is 10.9. The Labute approximate surface area is 196 Å². The molecule has 0 spiro atoms. The van der Waals surface area contributed by atoms with Crippen LogP contribution in [0, 0.1) is 6.92 Å². The number of H-pyrrole nitrogens is 1. The Morgan fingerprint density at radius 1 is 1.09 bits per heavy atom. The van der Waals surface area contributed by atoms with Crippen LogP contribution in [0.2, 0.25) is 5.02 Å². The van der Waals surface area contributed by atoms with Gasteiger partial charge in [0.2, 0.25) is 0 Å². The Morgan fingerprint density at radius 2 is 1.79 bits per heavy atom. The highest BCUT2D eigenvalue weighted by Crippen LogP contribution is 2.34. The van der Waals surface area contributed by atoms with E-state index in [-0.39, 0.29) is 11.8 Å². The molecule has 2 aromatic heterocycles. The fourth-order valence-electron chi connectivity index (χ4n) is 3.86. The molecule has 8 heteroatoms. The van der Waals surface area contributed by atoms with Gasteiger partial charge in [-0.3, -0.25) is 9.59 Å². The number of aryl methyl sites for hydroxylation is 1. The monoisotopic (exact) mass is 461 g/mol. The van der Waals surface area contributed by atoms with Crippen molar-refractivity contribution in [3.8, 4) is 0 Å². The van der Waals surface area contributed by atoms with Crippen LogP contribution in [0.15, 0.2) is 55.0 Å². The third-order valence-corrected chi connectivity index (χ3v) is 6.35. The number of fused-ring (bicyclic) bond motifs is 1. The largest absolute Gasteiger partial charge is 0.350 e. The first kappa shape index (κ1) is 21.3. The number of carbonyl (C=O) groups is 2. The summed E-state index contributed by atoms with van der Waals surface area (Å²) in [5, 5.41) is 7.48. The number of rotatable bonds is 7. The van der Waals surface area contributed by atoms with Crippen molar-refractivity contribution in [1.29, 1.82) is 0 Å². The summed E-state index contributed by atoms with van der Waals surface area (Å²) >= 11 is 6.19. The zero-order valence-corrected chi connectivity index (χ0v) is 18.9. The van der Waals surface area contributed by atoms with Gasteiger partial charge in [0.05, 0.1) is 6.33 Å². The van der Waals surface area contributed by atoms with E-state index in [2.05, 4.69) is 20.6 Å².